The maximum atomic E-state index is 12.0. The fraction of sp³-hybridized carbons (Fsp3) is 0.417. The molecular weight excluding hydrogens is 364 g/mol. The van der Waals surface area contributed by atoms with E-state index in [2.05, 4.69) is 24.1 Å². The number of esters is 1. The minimum Gasteiger partial charge on any atom is -0.427 e. The number of Topliss-reactive ketones (excluding diaryl/α,β-unsaturated/α-hetero) is 1. The molecule has 2 rings (SSSR count). The monoisotopic (exact) mass is 394 g/mol. The van der Waals surface area contributed by atoms with Crippen molar-refractivity contribution in [3.8, 4) is 5.75 Å². The predicted octanol–water partition coefficient (Wildman–Crippen LogP) is 7.35. The van der Waals surface area contributed by atoms with Crippen molar-refractivity contribution in [1.29, 1.82) is 0 Å². The van der Waals surface area contributed by atoms with E-state index < -0.39 is 0 Å². The molecule has 0 aliphatic heterocycles. The van der Waals surface area contributed by atoms with Crippen LogP contribution in [-0.4, -0.2) is 11.8 Å². The summed E-state index contributed by atoms with van der Waals surface area (Å²) < 4.78 is 5.33. The molecule has 0 saturated heterocycles. The molecule has 0 fully saturated rings. The molecule has 0 heterocycles. The number of hydrogen-bond acceptors (Lipinski definition) is 5. The Balaban J connectivity index is 1.85. The summed E-state index contributed by atoms with van der Waals surface area (Å²) in [6.07, 6.45) is 7.14. The number of ketones is 1. The lowest BCUT2D eigenvalue weighted by Crippen LogP contribution is -2.07. The Hall–Kier alpha value is -2.82. The molecule has 29 heavy (non-hydrogen) atoms. The minimum atomic E-state index is -0.205. The van der Waals surface area contributed by atoms with Gasteiger partial charge in [0.25, 0.3) is 0 Å². The van der Waals surface area contributed by atoms with E-state index in [1.807, 2.05) is 0 Å². The van der Waals surface area contributed by atoms with Crippen LogP contribution in [0.5, 0.6) is 5.75 Å². The Morgan fingerprint density at radius 1 is 0.724 bits per heavy atom. The third-order valence-corrected chi connectivity index (χ3v) is 4.53. The largest absolute Gasteiger partial charge is 0.427 e. The van der Waals surface area contributed by atoms with Gasteiger partial charge >= 0.3 is 5.97 Å². The fourth-order valence-corrected chi connectivity index (χ4v) is 2.77. The van der Waals surface area contributed by atoms with Gasteiger partial charge in [0.15, 0.2) is 5.78 Å². The first-order valence-electron chi connectivity index (χ1n) is 10.5. The highest BCUT2D eigenvalue weighted by Crippen LogP contribution is 2.22. The van der Waals surface area contributed by atoms with Crippen molar-refractivity contribution in [2.45, 2.75) is 65.2 Å². The summed E-state index contributed by atoms with van der Waals surface area (Å²) in [5, 5.41) is 8.38. The van der Waals surface area contributed by atoms with Crippen LogP contribution in [0.3, 0.4) is 0 Å². The molecule has 0 spiro atoms. The first-order chi connectivity index (χ1) is 14.1. The molecule has 154 valence electrons. The number of nitrogens with zero attached hydrogens (tertiary/aromatic N) is 2. The van der Waals surface area contributed by atoms with Gasteiger partial charge in [0.2, 0.25) is 0 Å². The van der Waals surface area contributed by atoms with Crippen molar-refractivity contribution in [2.24, 2.45) is 10.2 Å². The van der Waals surface area contributed by atoms with Gasteiger partial charge < -0.3 is 4.74 Å². The summed E-state index contributed by atoms with van der Waals surface area (Å²) in [5.41, 5.74) is 2.05. The maximum Gasteiger partial charge on any atom is 0.311 e. The van der Waals surface area contributed by atoms with Crippen molar-refractivity contribution in [1.82, 2.24) is 0 Å². The van der Waals surface area contributed by atoms with Gasteiger partial charge in [0.1, 0.15) is 5.75 Å². The van der Waals surface area contributed by atoms with Crippen LogP contribution in [0.15, 0.2) is 58.8 Å². The molecule has 0 saturated carbocycles. The molecule has 0 atom stereocenters. The molecule has 2 aromatic rings. The second-order valence-corrected chi connectivity index (χ2v) is 7.05. The zero-order valence-electron chi connectivity index (χ0n) is 17.4. The Kier molecular flexibility index (Phi) is 9.76. The number of carbonyl (C=O) groups is 2. The van der Waals surface area contributed by atoms with Crippen LogP contribution >= 0.6 is 0 Å². The zero-order chi connectivity index (χ0) is 20.9. The van der Waals surface area contributed by atoms with Gasteiger partial charge in [-0.15, -0.1) is 0 Å². The molecule has 2 aromatic carbocycles. The lowest BCUT2D eigenvalue weighted by Gasteiger charge is -2.04. The number of benzene rings is 2. The van der Waals surface area contributed by atoms with Crippen LogP contribution in [0.1, 0.15) is 75.6 Å². The van der Waals surface area contributed by atoms with Crippen molar-refractivity contribution in [3.05, 3.63) is 54.1 Å². The predicted molar refractivity (Wildman–Crippen MR) is 115 cm³/mol. The topological polar surface area (TPSA) is 68.1 Å². The third kappa shape index (κ3) is 8.38. The molecular formula is C24H30N2O3. The fourth-order valence-electron chi connectivity index (χ4n) is 2.77. The number of azo groups is 1. The number of ether oxygens (including phenoxy) is 1. The quantitative estimate of drug-likeness (QED) is 0.124. The van der Waals surface area contributed by atoms with E-state index in [1.54, 1.807) is 48.5 Å². The third-order valence-electron chi connectivity index (χ3n) is 4.53. The van der Waals surface area contributed by atoms with Crippen LogP contribution in [-0.2, 0) is 4.79 Å². The molecule has 5 heteroatoms. The van der Waals surface area contributed by atoms with Gasteiger partial charge in [-0.25, -0.2) is 0 Å². The molecule has 0 bridgehead atoms. The molecule has 0 aliphatic rings. The zero-order valence-corrected chi connectivity index (χ0v) is 17.4. The number of carbonyl (C=O) groups excluding carboxylic acids is 2. The van der Waals surface area contributed by atoms with E-state index in [-0.39, 0.29) is 11.8 Å². The van der Waals surface area contributed by atoms with Crippen molar-refractivity contribution >= 4 is 23.1 Å². The molecule has 0 N–H and O–H groups in total. The summed E-state index contributed by atoms with van der Waals surface area (Å²) >= 11 is 0. The Bertz CT molecular complexity index is 796. The summed E-state index contributed by atoms with van der Waals surface area (Å²) in [7, 11) is 0. The standard InChI is InChI=1S/C24H30N2O3/c1-3-5-7-8-10-24(28)29-22-17-15-21(16-18-22)26-25-20-13-11-19(12-14-20)23(27)9-6-4-2/h11-18H,3-10H2,1-2H3. The Labute approximate surface area is 173 Å². The molecule has 0 amide bonds. The minimum absolute atomic E-state index is 0.158. The Morgan fingerprint density at radius 3 is 1.90 bits per heavy atom. The Morgan fingerprint density at radius 2 is 1.31 bits per heavy atom. The molecule has 0 aromatic heterocycles. The summed E-state index contributed by atoms with van der Waals surface area (Å²) in [4.78, 5) is 23.8. The van der Waals surface area contributed by atoms with E-state index in [9.17, 15) is 9.59 Å². The number of rotatable bonds is 12. The first-order valence-corrected chi connectivity index (χ1v) is 10.5. The van der Waals surface area contributed by atoms with Gasteiger partial charge in [0.05, 0.1) is 11.4 Å². The van der Waals surface area contributed by atoms with Gasteiger partial charge in [0, 0.05) is 18.4 Å². The van der Waals surface area contributed by atoms with Crippen LogP contribution in [0.2, 0.25) is 0 Å². The van der Waals surface area contributed by atoms with Crippen molar-refractivity contribution < 1.29 is 14.3 Å². The van der Waals surface area contributed by atoms with Crippen LogP contribution < -0.4 is 4.74 Å². The van der Waals surface area contributed by atoms with Crippen LogP contribution in [0, 0.1) is 0 Å². The SMILES string of the molecule is CCCCCCC(=O)Oc1ccc(N=Nc2ccc(C(=O)CCCC)cc2)cc1. The number of hydrogen-bond donors (Lipinski definition) is 0. The highest BCUT2D eigenvalue weighted by molar-refractivity contribution is 5.96. The lowest BCUT2D eigenvalue weighted by atomic mass is 10.1. The van der Waals surface area contributed by atoms with E-state index in [1.165, 1.54) is 0 Å². The highest BCUT2D eigenvalue weighted by atomic mass is 16.5. The smallest absolute Gasteiger partial charge is 0.311 e. The summed E-state index contributed by atoms with van der Waals surface area (Å²) in [5.74, 6) is 0.467. The van der Waals surface area contributed by atoms with Gasteiger partial charge in [-0.05, 0) is 61.4 Å². The molecule has 0 aliphatic carbocycles. The van der Waals surface area contributed by atoms with Gasteiger partial charge in [-0.3, -0.25) is 9.59 Å². The normalized spacial score (nSPS) is 11.0. The molecule has 5 nitrogen and oxygen atoms in total. The second kappa shape index (κ2) is 12.6. The van der Waals surface area contributed by atoms with E-state index >= 15 is 0 Å². The second-order valence-electron chi connectivity index (χ2n) is 7.05. The van der Waals surface area contributed by atoms with Crippen LogP contribution in [0.4, 0.5) is 11.4 Å². The maximum absolute atomic E-state index is 12.0. The van der Waals surface area contributed by atoms with Gasteiger partial charge in [-0.1, -0.05) is 39.5 Å². The summed E-state index contributed by atoms with van der Waals surface area (Å²) in [6, 6.07) is 14.1. The average Bonchev–Trinajstić information content (AvgIpc) is 2.75. The summed E-state index contributed by atoms with van der Waals surface area (Å²) in [6.45, 7) is 4.21. The van der Waals surface area contributed by atoms with Crippen molar-refractivity contribution in [3.63, 3.8) is 0 Å². The van der Waals surface area contributed by atoms with Gasteiger partial charge in [-0.2, -0.15) is 10.2 Å². The number of unbranched alkanes of at least 4 members (excludes halogenated alkanes) is 4. The van der Waals surface area contributed by atoms with E-state index in [4.69, 9.17) is 4.74 Å². The molecule has 0 radical (unpaired) electrons. The van der Waals surface area contributed by atoms with Crippen molar-refractivity contribution in [2.75, 3.05) is 0 Å². The molecule has 0 unspecified atom stereocenters. The lowest BCUT2D eigenvalue weighted by molar-refractivity contribution is -0.134. The average molecular weight is 395 g/mol. The van der Waals surface area contributed by atoms with Crippen LogP contribution in [0.25, 0.3) is 0 Å². The van der Waals surface area contributed by atoms with E-state index in [0.29, 0.717) is 35.5 Å². The highest BCUT2D eigenvalue weighted by Gasteiger charge is 2.06. The van der Waals surface area contributed by atoms with E-state index in [0.717, 1.165) is 38.5 Å². The first kappa shape index (κ1) is 22.5.